The van der Waals surface area contributed by atoms with Crippen LogP contribution in [0.4, 0.5) is 0 Å². The van der Waals surface area contributed by atoms with E-state index in [0.717, 1.165) is 0 Å². The van der Waals surface area contributed by atoms with Gasteiger partial charge < -0.3 is 4.74 Å². The fraction of sp³-hybridized carbons (Fsp3) is 0.100. The quantitative estimate of drug-likeness (QED) is 0.438. The Hall–Kier alpha value is -1.35. The van der Waals surface area contributed by atoms with Gasteiger partial charge in [0.2, 0.25) is 0 Å². The van der Waals surface area contributed by atoms with Crippen LogP contribution in [0.25, 0.3) is 0 Å². The summed E-state index contributed by atoms with van der Waals surface area (Å²) in [4.78, 5) is 21.3. The number of carbonyl (C=O) groups is 2. The summed E-state index contributed by atoms with van der Waals surface area (Å²) in [7, 11) is 0. The summed E-state index contributed by atoms with van der Waals surface area (Å²) in [5, 5.41) is 0.259. The highest BCUT2D eigenvalue weighted by Crippen LogP contribution is 2.21. The van der Waals surface area contributed by atoms with Crippen LogP contribution in [-0.4, -0.2) is 12.3 Å². The number of hydrogen-bond donors (Lipinski definition) is 0. The van der Waals surface area contributed by atoms with Crippen molar-refractivity contribution in [3.05, 3.63) is 35.7 Å². The molecule has 0 bridgehead atoms. The van der Waals surface area contributed by atoms with Gasteiger partial charge in [-0.05, 0) is 19.1 Å². The number of esters is 1. The Balaban J connectivity index is 2.86. The first kappa shape index (κ1) is 10.7. The Labute approximate surface area is 86.6 Å². The lowest BCUT2D eigenvalue weighted by Crippen LogP contribution is -2.05. The van der Waals surface area contributed by atoms with Crippen molar-refractivity contribution in [2.45, 2.75) is 6.42 Å². The van der Waals surface area contributed by atoms with Crippen LogP contribution >= 0.6 is 11.6 Å². The van der Waals surface area contributed by atoms with E-state index in [2.05, 4.69) is 6.92 Å². The number of halogens is 1. The summed E-state index contributed by atoms with van der Waals surface area (Å²) in [6, 6.07) is 4.41. The van der Waals surface area contributed by atoms with E-state index in [9.17, 15) is 9.59 Å². The first-order chi connectivity index (χ1) is 6.67. The molecule has 0 saturated carbocycles. The van der Waals surface area contributed by atoms with Crippen molar-refractivity contribution in [3.63, 3.8) is 0 Å². The summed E-state index contributed by atoms with van der Waals surface area (Å²) in [6.45, 7) is 3.37. The zero-order valence-electron chi connectivity index (χ0n) is 7.33. The predicted molar refractivity (Wildman–Crippen MR) is 52.4 cm³/mol. The molecule has 0 aliphatic rings. The molecule has 1 rings (SSSR count). The largest absolute Gasteiger partial charge is 0.426 e. The second-order valence-electron chi connectivity index (χ2n) is 2.53. The summed E-state index contributed by atoms with van der Waals surface area (Å²) >= 11 is 5.72. The smallest absolute Gasteiger partial charge is 0.311 e. The van der Waals surface area contributed by atoms with E-state index < -0.39 is 5.97 Å². The zero-order valence-corrected chi connectivity index (χ0v) is 8.08. The van der Waals surface area contributed by atoms with Gasteiger partial charge in [0.25, 0.3) is 0 Å². The molecule has 14 heavy (non-hydrogen) atoms. The minimum Gasteiger partial charge on any atom is -0.426 e. The summed E-state index contributed by atoms with van der Waals surface area (Å²) in [5.74, 6) is -0.130. The van der Waals surface area contributed by atoms with Gasteiger partial charge in [-0.25, -0.2) is 0 Å². The van der Waals surface area contributed by atoms with E-state index in [1.807, 2.05) is 0 Å². The van der Waals surface area contributed by atoms with Crippen LogP contribution in [0.2, 0.25) is 5.02 Å². The van der Waals surface area contributed by atoms with Gasteiger partial charge >= 0.3 is 5.97 Å². The average molecular weight is 212 g/mol. The normalized spacial score (nSPS) is 9.57. The van der Waals surface area contributed by atoms with Gasteiger partial charge in [-0.2, -0.15) is 0 Å². The molecule has 0 fully saturated rings. The number of hydrogen-bond acceptors (Lipinski definition) is 3. The highest BCUT2D eigenvalue weighted by atomic mass is 35.5. The van der Waals surface area contributed by atoms with Gasteiger partial charge in [-0.3, -0.25) is 9.59 Å². The number of carbonyl (C=O) groups excluding carboxylic acids is 2. The third kappa shape index (κ3) is 2.57. The molecular weight excluding hydrogens is 204 g/mol. The lowest BCUT2D eigenvalue weighted by molar-refractivity contribution is -0.133. The Morgan fingerprint density at radius 2 is 2.29 bits per heavy atom. The summed E-state index contributed by atoms with van der Waals surface area (Å²) < 4.78 is 4.84. The third-order valence-corrected chi connectivity index (χ3v) is 1.86. The fourth-order valence-corrected chi connectivity index (χ4v) is 1.06. The molecule has 0 atom stereocenters. The van der Waals surface area contributed by atoms with Gasteiger partial charge in [-0.15, -0.1) is 0 Å². The Morgan fingerprint density at radius 3 is 2.79 bits per heavy atom. The van der Waals surface area contributed by atoms with Crippen LogP contribution in [0.1, 0.15) is 16.8 Å². The molecule has 3 nitrogen and oxygen atoms in total. The Morgan fingerprint density at radius 1 is 1.57 bits per heavy atom. The van der Waals surface area contributed by atoms with Crippen LogP contribution in [0.3, 0.4) is 0 Å². The maximum Gasteiger partial charge on any atom is 0.311 e. The molecule has 1 aromatic carbocycles. The molecule has 0 amide bonds. The van der Waals surface area contributed by atoms with Crippen LogP contribution < -0.4 is 4.74 Å². The minimum absolute atomic E-state index is 0.0487. The molecule has 1 radical (unpaired) electrons. The van der Waals surface area contributed by atoms with Crippen molar-refractivity contribution in [2.24, 2.45) is 0 Å². The number of ether oxygens (including phenoxy) is 1. The van der Waals surface area contributed by atoms with E-state index in [1.54, 1.807) is 0 Å². The number of aldehydes is 1. The second-order valence-corrected chi connectivity index (χ2v) is 2.93. The van der Waals surface area contributed by atoms with Crippen LogP contribution in [0.15, 0.2) is 18.2 Å². The second kappa shape index (κ2) is 4.77. The Kier molecular flexibility index (Phi) is 3.65. The predicted octanol–water partition coefficient (Wildman–Crippen LogP) is 2.28. The number of benzene rings is 1. The van der Waals surface area contributed by atoms with Crippen LogP contribution in [-0.2, 0) is 4.79 Å². The lowest BCUT2D eigenvalue weighted by atomic mass is 10.2. The van der Waals surface area contributed by atoms with E-state index in [0.29, 0.717) is 17.6 Å². The topological polar surface area (TPSA) is 43.4 Å². The molecule has 0 spiro atoms. The van der Waals surface area contributed by atoms with Crippen molar-refractivity contribution >= 4 is 23.9 Å². The van der Waals surface area contributed by atoms with E-state index in [4.69, 9.17) is 16.3 Å². The number of rotatable bonds is 3. The summed E-state index contributed by atoms with van der Waals surface area (Å²) in [6.07, 6.45) is 0.683. The molecule has 0 aliphatic heterocycles. The van der Waals surface area contributed by atoms with Crippen molar-refractivity contribution in [1.29, 1.82) is 0 Å². The molecule has 73 valence electrons. The fourth-order valence-electron chi connectivity index (χ4n) is 0.849. The molecule has 0 N–H and O–H groups in total. The molecule has 0 aromatic heterocycles. The van der Waals surface area contributed by atoms with Gasteiger partial charge in [0.1, 0.15) is 5.75 Å². The standard InChI is InChI=1S/C10H8ClO3/c1-2-10(13)14-8-4-3-7(6-12)9(11)5-8/h3-6H,1-2H2. The van der Waals surface area contributed by atoms with Crippen molar-refractivity contribution in [1.82, 2.24) is 0 Å². The molecule has 0 heterocycles. The van der Waals surface area contributed by atoms with Gasteiger partial charge in [0, 0.05) is 18.1 Å². The first-order valence-electron chi connectivity index (χ1n) is 3.92. The molecular formula is C10H8ClO3. The van der Waals surface area contributed by atoms with E-state index in [1.165, 1.54) is 18.2 Å². The highest BCUT2D eigenvalue weighted by Gasteiger charge is 2.04. The molecule has 0 aliphatic carbocycles. The van der Waals surface area contributed by atoms with Gasteiger partial charge in [0.05, 0.1) is 5.02 Å². The maximum atomic E-state index is 10.8. The molecule has 4 heteroatoms. The zero-order chi connectivity index (χ0) is 10.6. The Bertz CT molecular complexity index is 360. The maximum absolute atomic E-state index is 10.8. The average Bonchev–Trinajstić information content (AvgIpc) is 2.18. The lowest BCUT2D eigenvalue weighted by Gasteiger charge is -2.03. The minimum atomic E-state index is -0.445. The van der Waals surface area contributed by atoms with Crippen molar-refractivity contribution in [2.75, 3.05) is 0 Å². The summed E-state index contributed by atoms with van der Waals surface area (Å²) in [5.41, 5.74) is 0.362. The van der Waals surface area contributed by atoms with E-state index in [-0.39, 0.29) is 11.4 Å². The molecule has 0 unspecified atom stereocenters. The monoisotopic (exact) mass is 211 g/mol. The van der Waals surface area contributed by atoms with Gasteiger partial charge in [-0.1, -0.05) is 11.6 Å². The molecule has 0 saturated heterocycles. The van der Waals surface area contributed by atoms with Gasteiger partial charge in [0.15, 0.2) is 6.29 Å². The third-order valence-electron chi connectivity index (χ3n) is 1.53. The van der Waals surface area contributed by atoms with Crippen molar-refractivity contribution < 1.29 is 14.3 Å². The van der Waals surface area contributed by atoms with Crippen LogP contribution in [0, 0.1) is 6.92 Å². The first-order valence-corrected chi connectivity index (χ1v) is 4.30. The molecule has 1 aromatic rings. The van der Waals surface area contributed by atoms with Crippen molar-refractivity contribution in [3.8, 4) is 5.75 Å². The van der Waals surface area contributed by atoms with E-state index >= 15 is 0 Å². The van der Waals surface area contributed by atoms with Crippen LogP contribution in [0.5, 0.6) is 5.75 Å². The SMILES string of the molecule is [CH2]CC(=O)Oc1ccc(C=O)c(Cl)c1. The highest BCUT2D eigenvalue weighted by molar-refractivity contribution is 6.33.